The van der Waals surface area contributed by atoms with Crippen molar-refractivity contribution in [1.82, 2.24) is 0 Å². The molecule has 0 spiro atoms. The first-order valence-corrected chi connectivity index (χ1v) is 3.96. The highest BCUT2D eigenvalue weighted by Gasteiger charge is 1.87. The lowest BCUT2D eigenvalue weighted by molar-refractivity contribution is -0.305. The molecule has 0 aliphatic heterocycles. The molecule has 0 atom stereocenters. The summed E-state index contributed by atoms with van der Waals surface area (Å²) in [6.45, 7) is 3.64. The van der Waals surface area contributed by atoms with E-state index in [1.54, 1.807) is 6.92 Å². The summed E-state index contributed by atoms with van der Waals surface area (Å²) in [5.41, 5.74) is 0. The summed E-state index contributed by atoms with van der Waals surface area (Å²) in [5, 5.41) is 17.4. The Morgan fingerprint density at radius 2 is 1.58 bits per heavy atom. The zero-order chi connectivity index (χ0) is 9.98. The molecule has 0 amide bonds. The van der Waals surface area contributed by atoms with Crippen LogP contribution in [0.1, 0.15) is 39.5 Å². The second kappa shape index (κ2) is 9.94. The molecule has 0 bridgehead atoms. The molecule has 0 aromatic rings. The Labute approximate surface area is 72.2 Å². The van der Waals surface area contributed by atoms with Gasteiger partial charge in [0.2, 0.25) is 0 Å². The van der Waals surface area contributed by atoms with Gasteiger partial charge in [-0.1, -0.05) is 20.3 Å². The van der Waals surface area contributed by atoms with Crippen LogP contribution in [-0.2, 0) is 9.59 Å². The standard InChI is InChI=1S/2C4H8O2/c2*1-2-3-4(5)6/h2*2-3H2,1H3,(H,5,6)/p-1. The Morgan fingerprint density at radius 3 is 1.58 bits per heavy atom. The van der Waals surface area contributed by atoms with Gasteiger partial charge in [0.1, 0.15) is 0 Å². The van der Waals surface area contributed by atoms with Crippen LogP contribution in [0.2, 0.25) is 0 Å². The zero-order valence-corrected chi connectivity index (χ0v) is 7.50. The molecule has 0 radical (unpaired) electrons. The smallest absolute Gasteiger partial charge is 0.303 e. The second-order valence-corrected chi connectivity index (χ2v) is 2.27. The molecule has 4 heteroatoms. The summed E-state index contributed by atoms with van der Waals surface area (Å²) < 4.78 is 0. The van der Waals surface area contributed by atoms with Crippen molar-refractivity contribution in [2.24, 2.45) is 0 Å². The average Bonchev–Trinajstić information content (AvgIpc) is 1.87. The van der Waals surface area contributed by atoms with Gasteiger partial charge in [-0.2, -0.15) is 0 Å². The minimum Gasteiger partial charge on any atom is -0.550 e. The van der Waals surface area contributed by atoms with Crippen LogP contribution in [0.5, 0.6) is 0 Å². The van der Waals surface area contributed by atoms with Crippen LogP contribution in [0, 0.1) is 0 Å². The molecule has 0 rings (SSSR count). The van der Waals surface area contributed by atoms with Gasteiger partial charge in [0.05, 0.1) is 0 Å². The molecule has 0 aromatic heterocycles. The normalized spacial score (nSPS) is 8.17. The van der Waals surface area contributed by atoms with Crippen molar-refractivity contribution in [2.45, 2.75) is 39.5 Å². The predicted molar refractivity (Wildman–Crippen MR) is 42.5 cm³/mol. The molecule has 0 aliphatic rings. The monoisotopic (exact) mass is 175 g/mol. The van der Waals surface area contributed by atoms with Crippen LogP contribution < -0.4 is 5.11 Å². The summed E-state index contributed by atoms with van der Waals surface area (Å²) >= 11 is 0. The first-order valence-electron chi connectivity index (χ1n) is 3.96. The summed E-state index contributed by atoms with van der Waals surface area (Å²) in [6, 6.07) is 0. The van der Waals surface area contributed by atoms with E-state index in [2.05, 4.69) is 0 Å². The lowest BCUT2D eigenvalue weighted by Crippen LogP contribution is -2.20. The van der Waals surface area contributed by atoms with Crippen LogP contribution in [-0.4, -0.2) is 17.0 Å². The van der Waals surface area contributed by atoms with Crippen molar-refractivity contribution in [3.8, 4) is 0 Å². The summed E-state index contributed by atoms with van der Waals surface area (Å²) in [4.78, 5) is 19.1. The fourth-order valence-corrected chi connectivity index (χ4v) is 0.418. The van der Waals surface area contributed by atoms with E-state index in [9.17, 15) is 14.7 Å². The van der Waals surface area contributed by atoms with Crippen molar-refractivity contribution in [2.75, 3.05) is 0 Å². The highest BCUT2D eigenvalue weighted by Crippen LogP contribution is 1.82. The topological polar surface area (TPSA) is 77.4 Å². The molecule has 1 N–H and O–H groups in total. The van der Waals surface area contributed by atoms with E-state index in [0.717, 1.165) is 6.42 Å². The minimum absolute atomic E-state index is 0.181. The van der Waals surface area contributed by atoms with E-state index < -0.39 is 11.9 Å². The van der Waals surface area contributed by atoms with Crippen molar-refractivity contribution < 1.29 is 19.8 Å². The molecule has 0 aliphatic carbocycles. The minimum atomic E-state index is -0.961. The van der Waals surface area contributed by atoms with Gasteiger partial charge in [-0.3, -0.25) is 4.79 Å². The fourth-order valence-electron chi connectivity index (χ4n) is 0.418. The van der Waals surface area contributed by atoms with Gasteiger partial charge in [-0.15, -0.1) is 0 Å². The lowest BCUT2D eigenvalue weighted by atomic mass is 10.4. The molecule has 0 saturated carbocycles. The highest BCUT2D eigenvalue weighted by atomic mass is 16.4. The van der Waals surface area contributed by atoms with Gasteiger partial charge in [0.15, 0.2) is 0 Å². The third kappa shape index (κ3) is 23.1. The summed E-state index contributed by atoms with van der Waals surface area (Å²) in [5.74, 6) is -1.67. The fraction of sp³-hybridized carbons (Fsp3) is 0.750. The number of aliphatic carboxylic acids is 2. The van der Waals surface area contributed by atoms with E-state index in [0.29, 0.717) is 12.8 Å². The number of carbonyl (C=O) groups is 2. The number of carboxylic acids is 2. The SMILES string of the molecule is CCCC(=O)O.CCCC(=O)[O-]. The molecular weight excluding hydrogens is 160 g/mol. The van der Waals surface area contributed by atoms with Gasteiger partial charge in [0.25, 0.3) is 0 Å². The van der Waals surface area contributed by atoms with Crippen LogP contribution in [0.3, 0.4) is 0 Å². The molecule has 0 fully saturated rings. The molecule has 0 unspecified atom stereocenters. The number of rotatable bonds is 4. The first kappa shape index (κ1) is 13.5. The Hall–Kier alpha value is -1.06. The van der Waals surface area contributed by atoms with Crippen molar-refractivity contribution in [3.63, 3.8) is 0 Å². The van der Waals surface area contributed by atoms with E-state index >= 15 is 0 Å². The van der Waals surface area contributed by atoms with Crippen LogP contribution in [0.4, 0.5) is 0 Å². The van der Waals surface area contributed by atoms with Crippen LogP contribution in [0.15, 0.2) is 0 Å². The van der Waals surface area contributed by atoms with Gasteiger partial charge >= 0.3 is 5.97 Å². The molecule has 0 aromatic carbocycles. The number of hydrogen-bond donors (Lipinski definition) is 1. The molecule has 12 heavy (non-hydrogen) atoms. The quantitative estimate of drug-likeness (QED) is 0.671. The Morgan fingerprint density at radius 1 is 1.17 bits per heavy atom. The van der Waals surface area contributed by atoms with Crippen molar-refractivity contribution >= 4 is 11.9 Å². The van der Waals surface area contributed by atoms with Crippen molar-refractivity contribution in [3.05, 3.63) is 0 Å². The first-order chi connectivity index (χ1) is 5.54. The lowest BCUT2D eigenvalue weighted by Gasteiger charge is -1.92. The average molecular weight is 175 g/mol. The maximum Gasteiger partial charge on any atom is 0.303 e. The number of carboxylic acid groups (broad SMARTS) is 2. The maximum atomic E-state index is 9.60. The van der Waals surface area contributed by atoms with Gasteiger partial charge in [-0.05, 0) is 12.8 Å². The molecule has 0 saturated heterocycles. The Bertz CT molecular complexity index is 115. The van der Waals surface area contributed by atoms with Gasteiger partial charge in [0, 0.05) is 12.4 Å². The Kier molecular flexibility index (Phi) is 11.2. The van der Waals surface area contributed by atoms with Crippen LogP contribution in [0.25, 0.3) is 0 Å². The van der Waals surface area contributed by atoms with Crippen molar-refractivity contribution in [1.29, 1.82) is 0 Å². The maximum absolute atomic E-state index is 9.60. The predicted octanol–water partition coefficient (Wildman–Crippen LogP) is 0.407. The number of carbonyl (C=O) groups excluding carboxylic acids is 1. The molecule has 72 valence electrons. The van der Waals surface area contributed by atoms with Crippen LogP contribution >= 0.6 is 0 Å². The molecule has 4 nitrogen and oxygen atoms in total. The number of hydrogen-bond acceptors (Lipinski definition) is 3. The van der Waals surface area contributed by atoms with E-state index in [-0.39, 0.29) is 6.42 Å². The third-order valence-electron chi connectivity index (χ3n) is 0.918. The molecular formula is C8H15O4-. The van der Waals surface area contributed by atoms with E-state index in [1.165, 1.54) is 0 Å². The highest BCUT2D eigenvalue weighted by molar-refractivity contribution is 5.66. The summed E-state index contributed by atoms with van der Waals surface area (Å²) in [6.07, 6.45) is 1.87. The zero-order valence-electron chi connectivity index (χ0n) is 7.50. The third-order valence-corrected chi connectivity index (χ3v) is 0.918. The Balaban J connectivity index is 0. The molecule has 0 heterocycles. The van der Waals surface area contributed by atoms with E-state index in [1.807, 2.05) is 6.92 Å². The van der Waals surface area contributed by atoms with E-state index in [4.69, 9.17) is 5.11 Å². The second-order valence-electron chi connectivity index (χ2n) is 2.27. The summed E-state index contributed by atoms with van der Waals surface area (Å²) in [7, 11) is 0. The van der Waals surface area contributed by atoms with Gasteiger partial charge < -0.3 is 15.0 Å². The largest absolute Gasteiger partial charge is 0.550 e. The van der Waals surface area contributed by atoms with Gasteiger partial charge in [-0.25, -0.2) is 0 Å².